The molecule has 176 valence electrons. The van der Waals surface area contributed by atoms with Gasteiger partial charge in [-0.05, 0) is 24.1 Å². The highest BCUT2D eigenvalue weighted by Crippen LogP contribution is 2.14. The van der Waals surface area contributed by atoms with Crippen LogP contribution >= 0.6 is 11.6 Å². The van der Waals surface area contributed by atoms with Gasteiger partial charge in [-0.1, -0.05) is 59.2 Å². The van der Waals surface area contributed by atoms with E-state index in [4.69, 9.17) is 16.3 Å². The number of nitrogens with zero attached hydrogens (tertiary/aromatic N) is 2. The Morgan fingerprint density at radius 1 is 1.21 bits per heavy atom. The van der Waals surface area contributed by atoms with Gasteiger partial charge in [0.15, 0.2) is 5.82 Å². The highest BCUT2D eigenvalue weighted by Gasteiger charge is 2.08. The van der Waals surface area contributed by atoms with Gasteiger partial charge in [0, 0.05) is 49.3 Å². The molecular weight excluding hydrogens is 444 g/mol. The van der Waals surface area contributed by atoms with Gasteiger partial charge in [-0.2, -0.15) is 0 Å². The van der Waals surface area contributed by atoms with E-state index in [0.717, 1.165) is 54.3 Å². The Hall–Kier alpha value is -3.07. The number of aromatic amines is 1. The number of aryl methyl sites for hydroxylation is 1. The smallest absolute Gasteiger partial charge is 0.379 e. The van der Waals surface area contributed by atoms with Crippen LogP contribution in [0.2, 0.25) is 5.02 Å². The van der Waals surface area contributed by atoms with E-state index < -0.39 is 5.76 Å². The Morgan fingerprint density at radius 2 is 1.97 bits per heavy atom. The number of nitrogens with one attached hydrogen (secondary N) is 2. The third-order valence-electron chi connectivity index (χ3n) is 4.58. The standard InChI is InChI=1S/C10H8N2O3.C7H7Cl.C7H14N2O/c13-6-5-7-1-3-8(4-2-7)9-11-10(14)15-12-9;1-6-4-2-3-5-7(6)8;1-8-4-7-5-9-2-3-10-6-7/h1-4,6H,5H2,(H,11,12,14);2-5H,1H3;4,7,9H,2-3,5-6H2,1H3. The van der Waals surface area contributed by atoms with Crippen LogP contribution in [0.3, 0.4) is 0 Å². The lowest BCUT2D eigenvalue weighted by molar-refractivity contribution is -0.107. The highest BCUT2D eigenvalue weighted by molar-refractivity contribution is 6.31. The van der Waals surface area contributed by atoms with Crippen LogP contribution in [0.25, 0.3) is 11.4 Å². The maximum atomic E-state index is 10.7. The average molecular weight is 473 g/mol. The van der Waals surface area contributed by atoms with E-state index in [1.165, 1.54) is 0 Å². The molecule has 8 nitrogen and oxygen atoms in total. The molecule has 0 bridgehead atoms. The molecule has 1 aromatic heterocycles. The van der Waals surface area contributed by atoms with Crippen LogP contribution < -0.4 is 11.1 Å². The van der Waals surface area contributed by atoms with Crippen molar-refractivity contribution in [2.45, 2.75) is 13.3 Å². The molecule has 1 fully saturated rings. The van der Waals surface area contributed by atoms with Gasteiger partial charge in [-0.25, -0.2) is 4.79 Å². The average Bonchev–Trinajstić information content (AvgIpc) is 3.09. The van der Waals surface area contributed by atoms with Crippen molar-refractivity contribution in [3.8, 4) is 11.4 Å². The molecule has 1 unspecified atom stereocenters. The number of hydrogen-bond donors (Lipinski definition) is 2. The monoisotopic (exact) mass is 472 g/mol. The molecule has 1 saturated heterocycles. The van der Waals surface area contributed by atoms with Crippen molar-refractivity contribution in [2.75, 3.05) is 33.4 Å². The SMILES string of the molecule is CN=CC1CNCCOC1.Cc1ccccc1Cl.O=CCc1ccc(-c2noc(=O)[nH]2)cc1. The van der Waals surface area contributed by atoms with Gasteiger partial charge < -0.3 is 19.8 Å². The second-order valence-electron chi connectivity index (χ2n) is 7.21. The molecule has 1 atom stereocenters. The number of carbonyl (C=O) groups is 1. The van der Waals surface area contributed by atoms with Crippen LogP contribution in [0.4, 0.5) is 0 Å². The fourth-order valence-corrected chi connectivity index (χ4v) is 2.97. The van der Waals surface area contributed by atoms with Gasteiger partial charge in [0.2, 0.25) is 0 Å². The minimum absolute atomic E-state index is 0.385. The predicted octanol–water partition coefficient (Wildman–Crippen LogP) is 3.34. The molecule has 2 N–H and O–H groups in total. The molecule has 2 aromatic carbocycles. The van der Waals surface area contributed by atoms with Gasteiger partial charge in [0.25, 0.3) is 0 Å². The molecule has 0 amide bonds. The fourth-order valence-electron chi connectivity index (χ4n) is 2.83. The third kappa shape index (κ3) is 9.95. The van der Waals surface area contributed by atoms with Gasteiger partial charge in [0.05, 0.1) is 13.2 Å². The van der Waals surface area contributed by atoms with Crippen LogP contribution in [0.5, 0.6) is 0 Å². The summed E-state index contributed by atoms with van der Waals surface area (Å²) in [5.74, 6) is 0.270. The molecule has 1 aliphatic rings. The molecular formula is C24H29ClN4O4. The number of aliphatic imine (C=N–C) groups is 1. The number of benzene rings is 2. The molecule has 0 aliphatic carbocycles. The summed E-state index contributed by atoms with van der Waals surface area (Å²) in [7, 11) is 1.80. The molecule has 33 heavy (non-hydrogen) atoms. The summed E-state index contributed by atoms with van der Waals surface area (Å²) in [5.41, 5.74) is 2.80. The lowest BCUT2D eigenvalue weighted by atomic mass is 10.1. The lowest BCUT2D eigenvalue weighted by Gasteiger charge is -2.05. The lowest BCUT2D eigenvalue weighted by Crippen LogP contribution is -2.23. The minimum Gasteiger partial charge on any atom is -0.379 e. The van der Waals surface area contributed by atoms with Crippen LogP contribution in [-0.2, 0) is 16.0 Å². The number of aldehydes is 1. The second kappa shape index (κ2) is 14.9. The first-order valence-electron chi connectivity index (χ1n) is 10.5. The number of halogens is 1. The maximum absolute atomic E-state index is 10.7. The first kappa shape index (κ1) is 26.2. The van der Waals surface area contributed by atoms with Crippen molar-refractivity contribution in [3.05, 3.63) is 75.2 Å². The Kier molecular flexibility index (Phi) is 11.8. The van der Waals surface area contributed by atoms with Crippen molar-refractivity contribution in [1.82, 2.24) is 15.5 Å². The van der Waals surface area contributed by atoms with E-state index in [1.807, 2.05) is 37.4 Å². The molecule has 0 saturated carbocycles. The first-order valence-corrected chi connectivity index (χ1v) is 10.9. The number of hydrogen-bond acceptors (Lipinski definition) is 7. The summed E-state index contributed by atoms with van der Waals surface area (Å²) in [6, 6.07) is 14.9. The van der Waals surface area contributed by atoms with Crippen molar-refractivity contribution in [1.29, 1.82) is 0 Å². The van der Waals surface area contributed by atoms with E-state index in [2.05, 4.69) is 25.0 Å². The van der Waals surface area contributed by atoms with Crippen LogP contribution in [0, 0.1) is 12.8 Å². The van der Waals surface area contributed by atoms with E-state index in [1.54, 1.807) is 31.3 Å². The Labute approximate surface area is 198 Å². The summed E-state index contributed by atoms with van der Waals surface area (Å²) in [5, 5.41) is 7.66. The predicted molar refractivity (Wildman–Crippen MR) is 130 cm³/mol. The second-order valence-corrected chi connectivity index (χ2v) is 7.61. The Morgan fingerprint density at radius 3 is 2.55 bits per heavy atom. The molecule has 1 aliphatic heterocycles. The Bertz CT molecular complexity index is 1020. The zero-order valence-corrected chi connectivity index (χ0v) is 19.5. The molecule has 2 heterocycles. The van der Waals surface area contributed by atoms with Gasteiger partial charge in [-0.3, -0.25) is 9.51 Å². The molecule has 0 spiro atoms. The summed E-state index contributed by atoms with van der Waals surface area (Å²) in [6.45, 7) is 5.59. The van der Waals surface area contributed by atoms with Crippen LogP contribution in [-0.4, -0.2) is 56.0 Å². The van der Waals surface area contributed by atoms with E-state index in [0.29, 0.717) is 18.2 Å². The fraction of sp³-hybridized carbons (Fsp3) is 0.333. The summed E-state index contributed by atoms with van der Waals surface area (Å²) >= 11 is 5.71. The molecule has 9 heteroatoms. The molecule has 4 rings (SSSR count). The Balaban J connectivity index is 0.000000186. The zero-order chi connectivity index (χ0) is 23.9. The first-order chi connectivity index (χ1) is 16.0. The van der Waals surface area contributed by atoms with E-state index in [9.17, 15) is 9.59 Å². The number of rotatable bonds is 4. The third-order valence-corrected chi connectivity index (χ3v) is 5.01. The van der Waals surface area contributed by atoms with Gasteiger partial charge >= 0.3 is 5.76 Å². The van der Waals surface area contributed by atoms with E-state index >= 15 is 0 Å². The number of H-pyrrole nitrogens is 1. The van der Waals surface area contributed by atoms with Crippen LogP contribution in [0.1, 0.15) is 11.1 Å². The van der Waals surface area contributed by atoms with Crippen molar-refractivity contribution in [2.24, 2.45) is 10.9 Å². The number of carbonyl (C=O) groups excluding carboxylic acids is 1. The molecule has 0 radical (unpaired) electrons. The maximum Gasteiger partial charge on any atom is 0.439 e. The largest absolute Gasteiger partial charge is 0.439 e. The number of ether oxygens (including phenoxy) is 1. The topological polar surface area (TPSA) is 110 Å². The van der Waals surface area contributed by atoms with Crippen molar-refractivity contribution < 1.29 is 14.1 Å². The minimum atomic E-state index is -0.582. The van der Waals surface area contributed by atoms with Gasteiger partial charge in [0.1, 0.15) is 6.29 Å². The van der Waals surface area contributed by atoms with Gasteiger partial charge in [-0.15, -0.1) is 0 Å². The highest BCUT2D eigenvalue weighted by atomic mass is 35.5. The summed E-state index contributed by atoms with van der Waals surface area (Å²) < 4.78 is 9.69. The summed E-state index contributed by atoms with van der Waals surface area (Å²) in [6.07, 6.45) is 3.17. The van der Waals surface area contributed by atoms with Crippen LogP contribution in [0.15, 0.2) is 62.8 Å². The quantitative estimate of drug-likeness (QED) is 0.445. The summed E-state index contributed by atoms with van der Waals surface area (Å²) in [4.78, 5) is 27.4. The molecule has 3 aromatic rings. The van der Waals surface area contributed by atoms with E-state index in [-0.39, 0.29) is 0 Å². The normalized spacial score (nSPS) is 15.5. The number of aromatic nitrogens is 2. The van der Waals surface area contributed by atoms with Crippen molar-refractivity contribution in [3.63, 3.8) is 0 Å². The van der Waals surface area contributed by atoms with Crippen molar-refractivity contribution >= 4 is 24.1 Å². The zero-order valence-electron chi connectivity index (χ0n) is 18.8.